The Hall–Kier alpha value is -2.24. The normalized spacial score (nSPS) is 10.8. The van der Waals surface area contributed by atoms with Crippen LogP contribution in [-0.2, 0) is 9.53 Å². The predicted octanol–water partition coefficient (Wildman–Crippen LogP) is 2.32. The first kappa shape index (κ1) is 18.8. The minimum absolute atomic E-state index is 0.0592. The van der Waals surface area contributed by atoms with Crippen molar-refractivity contribution in [2.45, 2.75) is 40.2 Å². The molecule has 2 amide bonds. The number of carbonyl (C=O) groups excluding carboxylic acids is 2. The van der Waals surface area contributed by atoms with E-state index in [-0.39, 0.29) is 12.5 Å². The number of amides is 2. The minimum Gasteiger partial charge on any atom is -0.484 e. The van der Waals surface area contributed by atoms with Gasteiger partial charge in [0.25, 0.3) is 5.91 Å². The summed E-state index contributed by atoms with van der Waals surface area (Å²) in [7, 11) is 0. The largest absolute Gasteiger partial charge is 0.484 e. The van der Waals surface area contributed by atoms with Crippen LogP contribution >= 0.6 is 0 Å². The molecule has 23 heavy (non-hydrogen) atoms. The van der Waals surface area contributed by atoms with Crippen molar-refractivity contribution in [2.24, 2.45) is 0 Å². The number of carbonyl (C=O) groups is 2. The highest BCUT2D eigenvalue weighted by Gasteiger charge is 2.15. The van der Waals surface area contributed by atoms with E-state index >= 15 is 0 Å². The number of benzene rings is 1. The van der Waals surface area contributed by atoms with Crippen LogP contribution in [-0.4, -0.2) is 37.3 Å². The first-order valence-corrected chi connectivity index (χ1v) is 7.61. The van der Waals surface area contributed by atoms with Crippen LogP contribution < -0.4 is 15.4 Å². The molecular formula is C17H26N2O4. The van der Waals surface area contributed by atoms with Gasteiger partial charge >= 0.3 is 6.09 Å². The van der Waals surface area contributed by atoms with Crippen LogP contribution in [0.3, 0.4) is 0 Å². The topological polar surface area (TPSA) is 76.7 Å². The van der Waals surface area contributed by atoms with Crippen LogP contribution in [0, 0.1) is 13.8 Å². The molecule has 6 heteroatoms. The third-order valence-corrected chi connectivity index (χ3v) is 2.80. The summed E-state index contributed by atoms with van der Waals surface area (Å²) in [6, 6.07) is 5.78. The second-order valence-corrected chi connectivity index (χ2v) is 6.34. The number of rotatable bonds is 6. The van der Waals surface area contributed by atoms with Crippen molar-refractivity contribution in [3.8, 4) is 5.75 Å². The zero-order valence-electron chi connectivity index (χ0n) is 14.5. The molecule has 0 aliphatic carbocycles. The van der Waals surface area contributed by atoms with Crippen LogP contribution in [0.25, 0.3) is 0 Å². The van der Waals surface area contributed by atoms with Crippen LogP contribution in [0.15, 0.2) is 18.2 Å². The summed E-state index contributed by atoms with van der Waals surface area (Å²) >= 11 is 0. The fraction of sp³-hybridized carbons (Fsp3) is 0.529. The van der Waals surface area contributed by atoms with E-state index in [0.29, 0.717) is 18.8 Å². The lowest BCUT2D eigenvalue weighted by Crippen LogP contribution is -2.39. The van der Waals surface area contributed by atoms with E-state index in [0.717, 1.165) is 11.1 Å². The van der Waals surface area contributed by atoms with Crippen LogP contribution in [0.4, 0.5) is 4.79 Å². The van der Waals surface area contributed by atoms with E-state index in [1.54, 1.807) is 20.8 Å². The maximum absolute atomic E-state index is 11.7. The molecule has 6 nitrogen and oxygen atoms in total. The van der Waals surface area contributed by atoms with Gasteiger partial charge in [-0.3, -0.25) is 4.79 Å². The molecule has 0 spiro atoms. The Morgan fingerprint density at radius 2 is 1.74 bits per heavy atom. The van der Waals surface area contributed by atoms with Crippen LogP contribution in [0.2, 0.25) is 0 Å². The summed E-state index contributed by atoms with van der Waals surface area (Å²) in [6.45, 7) is 9.86. The van der Waals surface area contributed by atoms with Gasteiger partial charge in [0.2, 0.25) is 0 Å². The Morgan fingerprint density at radius 1 is 1.09 bits per heavy atom. The van der Waals surface area contributed by atoms with Gasteiger partial charge < -0.3 is 20.1 Å². The summed E-state index contributed by atoms with van der Waals surface area (Å²) in [5, 5.41) is 5.23. The number of nitrogens with one attached hydrogen (secondary N) is 2. The summed E-state index contributed by atoms with van der Waals surface area (Å²) in [5.41, 5.74) is 1.60. The Labute approximate surface area is 137 Å². The highest BCUT2D eigenvalue weighted by Crippen LogP contribution is 2.18. The minimum atomic E-state index is -0.535. The molecule has 1 aromatic rings. The van der Waals surface area contributed by atoms with Crippen molar-refractivity contribution < 1.29 is 19.1 Å². The second-order valence-electron chi connectivity index (χ2n) is 6.34. The Morgan fingerprint density at radius 3 is 2.35 bits per heavy atom. The van der Waals surface area contributed by atoms with Gasteiger partial charge in [0.05, 0.1) is 0 Å². The van der Waals surface area contributed by atoms with Gasteiger partial charge in [-0.1, -0.05) is 17.7 Å². The molecule has 0 atom stereocenters. The molecule has 1 aromatic carbocycles. The molecule has 0 aliphatic heterocycles. The fourth-order valence-electron chi connectivity index (χ4n) is 1.84. The standard InChI is InChI=1S/C17H26N2O4/c1-12-6-7-14(13(2)10-12)22-11-15(20)18-8-9-19-16(21)23-17(3,4)5/h6-7,10H,8-9,11H2,1-5H3,(H,18,20)(H,19,21). The van der Waals surface area contributed by atoms with E-state index in [9.17, 15) is 9.59 Å². The van der Waals surface area contributed by atoms with Crippen LogP contribution in [0.1, 0.15) is 31.9 Å². The third-order valence-electron chi connectivity index (χ3n) is 2.80. The van der Waals surface area contributed by atoms with Gasteiger partial charge in [-0.15, -0.1) is 0 Å². The molecule has 1 rings (SSSR count). The van der Waals surface area contributed by atoms with Gasteiger partial charge in [0, 0.05) is 13.1 Å². The summed E-state index contributed by atoms with van der Waals surface area (Å²) in [4.78, 5) is 23.1. The van der Waals surface area contributed by atoms with Gasteiger partial charge in [0.1, 0.15) is 11.4 Å². The van der Waals surface area contributed by atoms with Gasteiger partial charge in [-0.2, -0.15) is 0 Å². The number of hydrogen-bond donors (Lipinski definition) is 2. The van der Waals surface area contributed by atoms with E-state index < -0.39 is 11.7 Å². The van der Waals surface area contributed by atoms with Crippen molar-refractivity contribution in [3.63, 3.8) is 0 Å². The van der Waals surface area contributed by atoms with Crippen molar-refractivity contribution >= 4 is 12.0 Å². The van der Waals surface area contributed by atoms with Crippen molar-refractivity contribution in [1.29, 1.82) is 0 Å². The third kappa shape index (κ3) is 8.09. The van der Waals surface area contributed by atoms with Gasteiger partial charge in [-0.25, -0.2) is 4.79 Å². The zero-order valence-corrected chi connectivity index (χ0v) is 14.5. The quantitative estimate of drug-likeness (QED) is 0.788. The van der Waals surface area contributed by atoms with Crippen molar-refractivity contribution in [1.82, 2.24) is 10.6 Å². The predicted molar refractivity (Wildman–Crippen MR) is 88.7 cm³/mol. The number of alkyl carbamates (subject to hydrolysis) is 1. The van der Waals surface area contributed by atoms with Gasteiger partial charge in [-0.05, 0) is 46.2 Å². The molecule has 0 aliphatic rings. The number of aryl methyl sites for hydroxylation is 2. The maximum atomic E-state index is 11.7. The lowest BCUT2D eigenvalue weighted by molar-refractivity contribution is -0.123. The summed E-state index contributed by atoms with van der Waals surface area (Å²) in [6.07, 6.45) is -0.502. The summed E-state index contributed by atoms with van der Waals surface area (Å²) in [5.74, 6) is 0.452. The average molecular weight is 322 g/mol. The van der Waals surface area contributed by atoms with E-state index in [1.807, 2.05) is 32.0 Å². The fourth-order valence-corrected chi connectivity index (χ4v) is 1.84. The number of ether oxygens (including phenoxy) is 2. The Bertz CT molecular complexity index is 550. The molecule has 0 unspecified atom stereocenters. The van der Waals surface area contributed by atoms with Crippen LogP contribution in [0.5, 0.6) is 5.75 Å². The lowest BCUT2D eigenvalue weighted by Gasteiger charge is -2.19. The first-order chi connectivity index (χ1) is 10.7. The molecule has 2 N–H and O–H groups in total. The Kier molecular flexibility index (Phi) is 6.88. The molecule has 0 saturated carbocycles. The molecular weight excluding hydrogens is 296 g/mol. The van der Waals surface area contributed by atoms with Crippen molar-refractivity contribution in [2.75, 3.05) is 19.7 Å². The molecule has 0 aromatic heterocycles. The first-order valence-electron chi connectivity index (χ1n) is 7.61. The zero-order chi connectivity index (χ0) is 17.5. The molecule has 0 fully saturated rings. The average Bonchev–Trinajstić information content (AvgIpc) is 2.40. The van der Waals surface area contributed by atoms with Crippen molar-refractivity contribution in [3.05, 3.63) is 29.3 Å². The number of hydrogen-bond acceptors (Lipinski definition) is 4. The molecule has 0 radical (unpaired) electrons. The molecule has 0 bridgehead atoms. The molecule has 0 heterocycles. The van der Waals surface area contributed by atoms with E-state index in [2.05, 4.69) is 10.6 Å². The monoisotopic (exact) mass is 322 g/mol. The molecule has 128 valence electrons. The van der Waals surface area contributed by atoms with E-state index in [1.165, 1.54) is 0 Å². The highest BCUT2D eigenvalue weighted by atomic mass is 16.6. The Balaban J connectivity index is 2.21. The van der Waals surface area contributed by atoms with Gasteiger partial charge in [0.15, 0.2) is 6.61 Å². The smallest absolute Gasteiger partial charge is 0.407 e. The highest BCUT2D eigenvalue weighted by molar-refractivity contribution is 5.77. The second kappa shape index (κ2) is 8.41. The maximum Gasteiger partial charge on any atom is 0.407 e. The SMILES string of the molecule is Cc1ccc(OCC(=O)NCCNC(=O)OC(C)(C)C)c(C)c1. The lowest BCUT2D eigenvalue weighted by atomic mass is 10.1. The van der Waals surface area contributed by atoms with E-state index in [4.69, 9.17) is 9.47 Å². The summed E-state index contributed by atoms with van der Waals surface area (Å²) < 4.78 is 10.6. The molecule has 0 saturated heterocycles.